The van der Waals surface area contributed by atoms with Gasteiger partial charge in [-0.1, -0.05) is 41.9 Å². The Balaban J connectivity index is 1.97. The van der Waals surface area contributed by atoms with Crippen LogP contribution in [0, 0.1) is 13.8 Å². The summed E-state index contributed by atoms with van der Waals surface area (Å²) in [6, 6.07) is 12.3. The Morgan fingerprint density at radius 2 is 1.86 bits per heavy atom. The molecule has 29 heavy (non-hydrogen) atoms. The molecule has 1 N–H and O–H groups in total. The summed E-state index contributed by atoms with van der Waals surface area (Å²) in [5.74, 6) is 1.27. The Labute approximate surface area is 182 Å². The number of aryl methyl sites for hydroxylation is 2. The number of carbonyl (C=O) groups excluding carboxylic acids is 1. The van der Waals surface area contributed by atoms with Crippen molar-refractivity contribution >= 4 is 45.0 Å². The topological polar surface area (TPSA) is 66.5 Å². The van der Waals surface area contributed by atoms with Crippen LogP contribution in [-0.4, -0.2) is 38.9 Å². The molecule has 0 fully saturated rings. The van der Waals surface area contributed by atoms with E-state index in [9.17, 15) is 13.2 Å². The maximum atomic E-state index is 12.6. The third-order valence-corrected chi connectivity index (χ3v) is 7.03. The third-order valence-electron chi connectivity index (χ3n) is 4.56. The molecule has 2 rings (SSSR count). The van der Waals surface area contributed by atoms with Crippen molar-refractivity contribution in [3.05, 3.63) is 64.2 Å². The van der Waals surface area contributed by atoms with Crippen LogP contribution in [0.5, 0.6) is 0 Å². The monoisotopic (exact) mass is 454 g/mol. The number of amides is 1. The molecule has 0 heterocycles. The van der Waals surface area contributed by atoms with E-state index in [0.29, 0.717) is 17.3 Å². The van der Waals surface area contributed by atoms with Crippen molar-refractivity contribution in [3.63, 3.8) is 0 Å². The molecule has 0 saturated heterocycles. The molecule has 158 valence electrons. The fourth-order valence-electron chi connectivity index (χ4n) is 2.95. The lowest BCUT2D eigenvalue weighted by Gasteiger charge is -2.29. The first-order valence-electron chi connectivity index (χ1n) is 9.26. The van der Waals surface area contributed by atoms with Crippen molar-refractivity contribution < 1.29 is 13.2 Å². The molecule has 1 atom stereocenters. The van der Waals surface area contributed by atoms with E-state index in [1.54, 1.807) is 43.8 Å². The van der Waals surface area contributed by atoms with Crippen LogP contribution in [0.1, 0.15) is 23.6 Å². The summed E-state index contributed by atoms with van der Waals surface area (Å²) in [5, 5.41) is 3.26. The van der Waals surface area contributed by atoms with Gasteiger partial charge in [-0.25, -0.2) is 8.42 Å². The van der Waals surface area contributed by atoms with Crippen LogP contribution in [0.25, 0.3) is 0 Å². The maximum Gasteiger partial charge on any atom is 0.243 e. The largest absolute Gasteiger partial charge is 0.353 e. The number of benzene rings is 2. The molecule has 1 amide bonds. The highest BCUT2D eigenvalue weighted by Crippen LogP contribution is 2.28. The van der Waals surface area contributed by atoms with Crippen LogP contribution in [0.4, 0.5) is 5.69 Å². The second kappa shape index (κ2) is 10.4. The molecule has 8 heteroatoms. The van der Waals surface area contributed by atoms with Gasteiger partial charge < -0.3 is 5.32 Å². The molecule has 2 aromatic carbocycles. The standard InChI is InChI=1S/C21H27ClN2O3S2/c1-15-7-5-6-8-18(15)14-28-12-11-23-21(25)17(3)24(29(4,26)27)20-13-19(22)10-9-16(20)2/h5-10,13,17H,11-12,14H2,1-4H3,(H,23,25)/t17-/m1/s1. The van der Waals surface area contributed by atoms with Crippen molar-refractivity contribution in [2.75, 3.05) is 22.9 Å². The molecule has 0 spiro atoms. The van der Waals surface area contributed by atoms with E-state index >= 15 is 0 Å². The highest BCUT2D eigenvalue weighted by molar-refractivity contribution is 7.98. The van der Waals surface area contributed by atoms with E-state index in [2.05, 4.69) is 24.4 Å². The predicted octanol–water partition coefficient (Wildman–Crippen LogP) is 4.16. The van der Waals surface area contributed by atoms with Crippen molar-refractivity contribution in [1.82, 2.24) is 5.32 Å². The number of hydrogen-bond acceptors (Lipinski definition) is 4. The van der Waals surface area contributed by atoms with Crippen LogP contribution in [-0.2, 0) is 20.6 Å². The normalized spacial score (nSPS) is 12.4. The molecule has 0 aliphatic carbocycles. The fourth-order valence-corrected chi connectivity index (χ4v) is 5.27. The number of halogens is 1. The Bertz CT molecular complexity index is 964. The first-order chi connectivity index (χ1) is 13.6. The van der Waals surface area contributed by atoms with Gasteiger partial charge in [-0.2, -0.15) is 11.8 Å². The van der Waals surface area contributed by atoms with Gasteiger partial charge in [0.2, 0.25) is 15.9 Å². The fraction of sp³-hybridized carbons (Fsp3) is 0.381. The van der Waals surface area contributed by atoms with Gasteiger partial charge in [0.25, 0.3) is 0 Å². The van der Waals surface area contributed by atoms with Crippen LogP contribution in [0.15, 0.2) is 42.5 Å². The molecule has 0 unspecified atom stereocenters. The zero-order valence-corrected chi connectivity index (χ0v) is 19.5. The van der Waals surface area contributed by atoms with Crippen molar-refractivity contribution in [1.29, 1.82) is 0 Å². The maximum absolute atomic E-state index is 12.6. The highest BCUT2D eigenvalue weighted by atomic mass is 35.5. The Kier molecular flexibility index (Phi) is 8.43. The van der Waals surface area contributed by atoms with Gasteiger partial charge in [-0.05, 0) is 49.6 Å². The third kappa shape index (κ3) is 6.66. The van der Waals surface area contributed by atoms with Gasteiger partial charge in [0.1, 0.15) is 6.04 Å². The lowest BCUT2D eigenvalue weighted by molar-refractivity contribution is -0.121. The summed E-state index contributed by atoms with van der Waals surface area (Å²) in [7, 11) is -3.67. The summed E-state index contributed by atoms with van der Waals surface area (Å²) in [6.45, 7) is 5.91. The first kappa shape index (κ1) is 23.6. The summed E-state index contributed by atoms with van der Waals surface area (Å²) in [5.41, 5.74) is 3.67. The summed E-state index contributed by atoms with van der Waals surface area (Å²) >= 11 is 7.78. The van der Waals surface area contributed by atoms with Gasteiger partial charge in [0, 0.05) is 23.1 Å². The van der Waals surface area contributed by atoms with Crippen LogP contribution in [0.3, 0.4) is 0 Å². The quantitative estimate of drug-likeness (QED) is 0.577. The Hall–Kier alpha value is -1.70. The van der Waals surface area contributed by atoms with Gasteiger partial charge in [0.05, 0.1) is 11.9 Å². The van der Waals surface area contributed by atoms with E-state index in [0.717, 1.165) is 27.6 Å². The minimum absolute atomic E-state index is 0.341. The zero-order valence-electron chi connectivity index (χ0n) is 17.1. The molecule has 0 radical (unpaired) electrons. The average Bonchev–Trinajstić information content (AvgIpc) is 2.64. The lowest BCUT2D eigenvalue weighted by Crippen LogP contribution is -2.48. The highest BCUT2D eigenvalue weighted by Gasteiger charge is 2.30. The molecular formula is C21H27ClN2O3S2. The second-order valence-corrected chi connectivity index (χ2v) is 10.3. The summed E-state index contributed by atoms with van der Waals surface area (Å²) in [4.78, 5) is 12.6. The predicted molar refractivity (Wildman–Crippen MR) is 123 cm³/mol. The summed E-state index contributed by atoms with van der Waals surface area (Å²) in [6.07, 6.45) is 1.09. The number of thioether (sulfide) groups is 1. The van der Waals surface area contributed by atoms with Crippen molar-refractivity contribution in [2.24, 2.45) is 0 Å². The molecule has 0 aliphatic rings. The number of nitrogens with zero attached hydrogens (tertiary/aromatic N) is 1. The SMILES string of the molecule is Cc1ccccc1CSCCNC(=O)[C@@H](C)N(c1cc(Cl)ccc1C)S(C)(=O)=O. The van der Waals surface area contributed by atoms with Gasteiger partial charge in [-0.3, -0.25) is 9.10 Å². The number of rotatable bonds is 9. The molecule has 2 aromatic rings. The number of nitrogens with one attached hydrogen (secondary N) is 1. The second-order valence-electron chi connectivity index (χ2n) is 6.94. The minimum atomic E-state index is -3.67. The van der Waals surface area contributed by atoms with Crippen LogP contribution in [0.2, 0.25) is 5.02 Å². The van der Waals surface area contributed by atoms with Crippen LogP contribution >= 0.6 is 23.4 Å². The zero-order chi connectivity index (χ0) is 21.6. The molecule has 0 aliphatic heterocycles. The smallest absolute Gasteiger partial charge is 0.243 e. The number of anilines is 1. The van der Waals surface area contributed by atoms with Crippen molar-refractivity contribution in [3.8, 4) is 0 Å². The number of carbonyl (C=O) groups is 1. The molecule has 0 aromatic heterocycles. The van der Waals surface area contributed by atoms with E-state index in [1.165, 1.54) is 11.1 Å². The summed E-state index contributed by atoms with van der Waals surface area (Å²) < 4.78 is 25.9. The van der Waals surface area contributed by atoms with E-state index < -0.39 is 16.1 Å². The van der Waals surface area contributed by atoms with Gasteiger partial charge in [-0.15, -0.1) is 0 Å². The molecule has 5 nitrogen and oxygen atoms in total. The van der Waals surface area contributed by atoms with Crippen LogP contribution < -0.4 is 9.62 Å². The van der Waals surface area contributed by atoms with Crippen molar-refractivity contribution in [2.45, 2.75) is 32.6 Å². The molecule has 0 bridgehead atoms. The van der Waals surface area contributed by atoms with E-state index in [1.807, 2.05) is 12.1 Å². The Morgan fingerprint density at radius 3 is 2.52 bits per heavy atom. The van der Waals surface area contributed by atoms with E-state index in [-0.39, 0.29) is 5.91 Å². The molecule has 0 saturated carbocycles. The average molecular weight is 455 g/mol. The molecular weight excluding hydrogens is 428 g/mol. The van der Waals surface area contributed by atoms with E-state index in [4.69, 9.17) is 11.6 Å². The number of hydrogen-bond donors (Lipinski definition) is 1. The van der Waals surface area contributed by atoms with Gasteiger partial charge >= 0.3 is 0 Å². The number of sulfonamides is 1. The lowest BCUT2D eigenvalue weighted by atomic mass is 10.1. The van der Waals surface area contributed by atoms with Gasteiger partial charge in [0.15, 0.2) is 0 Å². The minimum Gasteiger partial charge on any atom is -0.353 e. The Morgan fingerprint density at radius 1 is 1.17 bits per heavy atom. The first-order valence-corrected chi connectivity index (χ1v) is 12.6.